The van der Waals surface area contributed by atoms with Crippen molar-refractivity contribution >= 4 is 28.6 Å². The Morgan fingerprint density at radius 1 is 1.21 bits per heavy atom. The summed E-state index contributed by atoms with van der Waals surface area (Å²) >= 11 is 3.26. The van der Waals surface area contributed by atoms with E-state index >= 15 is 0 Å². The van der Waals surface area contributed by atoms with Gasteiger partial charge in [-0.25, -0.2) is 4.98 Å². The van der Waals surface area contributed by atoms with Crippen molar-refractivity contribution < 1.29 is 14.3 Å². The number of rotatable bonds is 6. The Kier molecular flexibility index (Phi) is 5.64. The topological polar surface area (TPSA) is 51.7 Å². The average molecular weight is 415 g/mol. The maximum Gasteiger partial charge on any atom is 0.229 e. The Balaban J connectivity index is 1.49. The fourth-order valence-electron chi connectivity index (χ4n) is 3.63. The number of thiophene rings is 1. The molecule has 146 valence electrons. The van der Waals surface area contributed by atoms with E-state index in [0.717, 1.165) is 40.5 Å². The Morgan fingerprint density at radius 2 is 2.07 bits per heavy atom. The maximum atomic E-state index is 13.0. The highest BCUT2D eigenvalue weighted by Crippen LogP contribution is 2.37. The average Bonchev–Trinajstić information content (AvgIpc) is 3.48. The highest BCUT2D eigenvalue weighted by molar-refractivity contribution is 7.20. The quantitative estimate of drug-likeness (QED) is 0.582. The highest BCUT2D eigenvalue weighted by Gasteiger charge is 2.30. The lowest BCUT2D eigenvalue weighted by Crippen LogP contribution is -2.31. The summed E-state index contributed by atoms with van der Waals surface area (Å²) in [7, 11) is 3.26. The fourth-order valence-corrected chi connectivity index (χ4v) is 5.26. The van der Waals surface area contributed by atoms with Gasteiger partial charge in [0.05, 0.1) is 37.3 Å². The molecule has 0 saturated carbocycles. The molecule has 28 heavy (non-hydrogen) atoms. The summed E-state index contributed by atoms with van der Waals surface area (Å²) in [5, 5.41) is 5.02. The van der Waals surface area contributed by atoms with E-state index in [0.29, 0.717) is 17.9 Å². The summed E-state index contributed by atoms with van der Waals surface area (Å²) in [5.41, 5.74) is 1.93. The van der Waals surface area contributed by atoms with Crippen LogP contribution in [0.5, 0.6) is 11.5 Å². The summed E-state index contributed by atoms with van der Waals surface area (Å²) in [5.74, 6) is 1.52. The van der Waals surface area contributed by atoms with Gasteiger partial charge in [0.15, 0.2) is 11.5 Å². The lowest BCUT2D eigenvalue weighted by atomic mass is 10.0. The first kappa shape index (κ1) is 19.0. The summed E-state index contributed by atoms with van der Waals surface area (Å²) in [6, 6.07) is 10.1. The van der Waals surface area contributed by atoms with Crippen molar-refractivity contribution in [1.29, 1.82) is 0 Å². The molecule has 1 atom stereocenters. The molecule has 5 nitrogen and oxygen atoms in total. The van der Waals surface area contributed by atoms with Crippen LogP contribution < -0.4 is 9.47 Å². The van der Waals surface area contributed by atoms with Gasteiger partial charge >= 0.3 is 0 Å². The number of carbonyl (C=O) groups excluding carboxylic acids is 1. The number of benzene rings is 1. The van der Waals surface area contributed by atoms with Crippen molar-refractivity contribution in [1.82, 2.24) is 9.88 Å². The molecule has 0 bridgehead atoms. The number of ether oxygens (including phenoxy) is 2. The van der Waals surface area contributed by atoms with Crippen molar-refractivity contribution in [2.75, 3.05) is 20.8 Å². The maximum absolute atomic E-state index is 13.0. The predicted molar refractivity (Wildman–Crippen MR) is 112 cm³/mol. The second-order valence-electron chi connectivity index (χ2n) is 6.66. The van der Waals surface area contributed by atoms with Gasteiger partial charge in [0, 0.05) is 11.9 Å². The lowest BCUT2D eigenvalue weighted by molar-refractivity contribution is -0.131. The van der Waals surface area contributed by atoms with E-state index in [4.69, 9.17) is 9.47 Å². The van der Waals surface area contributed by atoms with E-state index in [1.807, 2.05) is 39.9 Å². The number of aromatic nitrogens is 1. The van der Waals surface area contributed by atoms with Crippen LogP contribution in [0, 0.1) is 0 Å². The SMILES string of the molecule is COc1ccc(C2CCCN2C(=O)Cc2csc(-c3cccs3)n2)cc1OC. The Bertz CT molecular complexity index is 952. The molecule has 1 fully saturated rings. The molecular formula is C21H22N2O3S2. The van der Waals surface area contributed by atoms with Gasteiger partial charge in [0.2, 0.25) is 5.91 Å². The number of amides is 1. The van der Waals surface area contributed by atoms with E-state index < -0.39 is 0 Å². The zero-order valence-electron chi connectivity index (χ0n) is 15.9. The molecule has 1 saturated heterocycles. The van der Waals surface area contributed by atoms with Gasteiger partial charge in [-0.3, -0.25) is 4.79 Å². The van der Waals surface area contributed by atoms with Crippen molar-refractivity contribution in [3.05, 3.63) is 52.3 Å². The number of hydrogen-bond donors (Lipinski definition) is 0. The summed E-state index contributed by atoms with van der Waals surface area (Å²) in [6.45, 7) is 0.778. The molecule has 0 radical (unpaired) electrons. The van der Waals surface area contributed by atoms with Crippen LogP contribution >= 0.6 is 22.7 Å². The molecule has 1 amide bonds. The van der Waals surface area contributed by atoms with Crippen LogP contribution in [0.1, 0.15) is 30.1 Å². The molecule has 1 aromatic carbocycles. The van der Waals surface area contributed by atoms with E-state index in [1.165, 1.54) is 0 Å². The van der Waals surface area contributed by atoms with E-state index in [-0.39, 0.29) is 11.9 Å². The number of methoxy groups -OCH3 is 2. The van der Waals surface area contributed by atoms with E-state index in [9.17, 15) is 4.79 Å². The molecule has 2 aromatic heterocycles. The minimum Gasteiger partial charge on any atom is -0.493 e. The molecule has 0 spiro atoms. The minimum atomic E-state index is 0.0720. The van der Waals surface area contributed by atoms with Crippen molar-refractivity contribution in [3.63, 3.8) is 0 Å². The summed E-state index contributed by atoms with van der Waals surface area (Å²) < 4.78 is 10.8. The zero-order valence-corrected chi connectivity index (χ0v) is 17.5. The first-order chi connectivity index (χ1) is 13.7. The largest absolute Gasteiger partial charge is 0.493 e. The molecule has 3 heterocycles. The van der Waals surface area contributed by atoms with Gasteiger partial charge < -0.3 is 14.4 Å². The van der Waals surface area contributed by atoms with Gasteiger partial charge in [0.1, 0.15) is 5.01 Å². The molecular weight excluding hydrogens is 392 g/mol. The van der Waals surface area contributed by atoms with Crippen molar-refractivity contribution in [2.45, 2.75) is 25.3 Å². The molecule has 7 heteroatoms. The number of thiazole rings is 1. The number of likely N-dealkylation sites (tertiary alicyclic amines) is 1. The predicted octanol–water partition coefficient (Wildman–Crippen LogP) is 4.80. The van der Waals surface area contributed by atoms with Gasteiger partial charge in [-0.1, -0.05) is 12.1 Å². The van der Waals surface area contributed by atoms with Crippen molar-refractivity contribution in [2.24, 2.45) is 0 Å². The summed E-state index contributed by atoms with van der Waals surface area (Å²) in [4.78, 5) is 20.8. The monoisotopic (exact) mass is 414 g/mol. The van der Waals surface area contributed by atoms with Crippen LogP contribution in [0.3, 0.4) is 0 Å². The van der Waals surface area contributed by atoms with Crippen LogP contribution in [0.4, 0.5) is 0 Å². The Hall–Kier alpha value is -2.38. The molecule has 0 aliphatic carbocycles. The third-order valence-corrected chi connectivity index (χ3v) is 6.91. The van der Waals surface area contributed by atoms with E-state index in [2.05, 4.69) is 11.1 Å². The second kappa shape index (κ2) is 8.32. The number of nitrogens with zero attached hydrogens (tertiary/aromatic N) is 2. The van der Waals surface area contributed by atoms with Crippen LogP contribution in [0.15, 0.2) is 41.1 Å². The standard InChI is InChI=1S/C21H22N2O3S2/c1-25-17-8-7-14(11-18(17)26-2)16-5-3-9-23(16)20(24)12-15-13-28-21(22-15)19-6-4-10-27-19/h4,6-8,10-11,13,16H,3,5,9,12H2,1-2H3. The third-order valence-electron chi connectivity index (χ3n) is 4.98. The van der Waals surface area contributed by atoms with Gasteiger partial charge in [0.25, 0.3) is 0 Å². The van der Waals surface area contributed by atoms with Crippen LogP contribution in [-0.2, 0) is 11.2 Å². The molecule has 1 aliphatic heterocycles. The molecule has 3 aromatic rings. The lowest BCUT2D eigenvalue weighted by Gasteiger charge is -2.25. The molecule has 0 N–H and O–H groups in total. The van der Waals surface area contributed by atoms with Gasteiger partial charge in [-0.05, 0) is 42.0 Å². The second-order valence-corrected chi connectivity index (χ2v) is 8.46. The van der Waals surface area contributed by atoms with Crippen LogP contribution in [0.25, 0.3) is 9.88 Å². The summed E-state index contributed by atoms with van der Waals surface area (Å²) in [6.07, 6.45) is 2.30. The first-order valence-electron chi connectivity index (χ1n) is 9.19. The molecule has 1 aliphatic rings. The third kappa shape index (κ3) is 3.77. The highest BCUT2D eigenvalue weighted by atomic mass is 32.1. The van der Waals surface area contributed by atoms with Crippen molar-refractivity contribution in [3.8, 4) is 21.4 Å². The number of carbonyl (C=O) groups is 1. The smallest absolute Gasteiger partial charge is 0.229 e. The minimum absolute atomic E-state index is 0.0720. The normalized spacial score (nSPS) is 16.4. The zero-order chi connectivity index (χ0) is 19.5. The Morgan fingerprint density at radius 3 is 2.82 bits per heavy atom. The number of hydrogen-bond acceptors (Lipinski definition) is 6. The molecule has 4 rings (SSSR count). The first-order valence-corrected chi connectivity index (χ1v) is 10.9. The van der Waals surface area contributed by atoms with Gasteiger partial charge in [-0.15, -0.1) is 22.7 Å². The van der Waals surface area contributed by atoms with E-state index in [1.54, 1.807) is 36.9 Å². The van der Waals surface area contributed by atoms with Crippen LogP contribution in [0.2, 0.25) is 0 Å². The Labute approximate surface area is 172 Å². The van der Waals surface area contributed by atoms with Crippen LogP contribution in [-0.4, -0.2) is 36.6 Å². The molecule has 1 unspecified atom stereocenters. The van der Waals surface area contributed by atoms with Gasteiger partial charge in [-0.2, -0.15) is 0 Å². The fraction of sp³-hybridized carbons (Fsp3) is 0.333.